The van der Waals surface area contributed by atoms with Crippen molar-refractivity contribution in [2.45, 2.75) is 4.83 Å². The van der Waals surface area contributed by atoms with E-state index in [-0.39, 0.29) is 4.83 Å². The third-order valence-electron chi connectivity index (χ3n) is 2.31. The lowest BCUT2D eigenvalue weighted by Crippen LogP contribution is -1.95. The molecule has 0 radical (unpaired) electrons. The molecule has 90 valence electrons. The lowest BCUT2D eigenvalue weighted by atomic mass is 10.1. The maximum Gasteiger partial charge on any atom is 0.123 e. The second-order valence-corrected chi connectivity index (χ2v) is 6.97. The first kappa shape index (κ1) is 13.4. The number of rotatable bonds is 3. The Morgan fingerprint density at radius 1 is 1.29 bits per heavy atom. The lowest BCUT2D eigenvalue weighted by Gasteiger charge is -2.13. The molecule has 2 aromatic rings. The standard InChI is InChI=1S/C12H9Br2ClOS/c1-16-9-3-2-7(13)6-8(9)12(14)10-4-5-11(15)17-10/h2-6,12H,1H3. The Balaban J connectivity index is 2.42. The summed E-state index contributed by atoms with van der Waals surface area (Å²) in [6.07, 6.45) is 0. The Hall–Kier alpha value is -0.0300. The molecule has 0 saturated carbocycles. The van der Waals surface area contributed by atoms with Crippen LogP contribution < -0.4 is 4.74 Å². The van der Waals surface area contributed by atoms with Crippen LogP contribution in [0.3, 0.4) is 0 Å². The first-order valence-corrected chi connectivity index (χ1v) is 7.75. The Bertz CT molecular complexity index is 527. The highest BCUT2D eigenvalue weighted by Crippen LogP contribution is 2.41. The van der Waals surface area contributed by atoms with E-state index >= 15 is 0 Å². The molecule has 0 bridgehead atoms. The maximum atomic E-state index is 5.95. The minimum absolute atomic E-state index is 0.0902. The second kappa shape index (κ2) is 5.74. The summed E-state index contributed by atoms with van der Waals surface area (Å²) < 4.78 is 7.19. The third kappa shape index (κ3) is 3.05. The molecule has 1 aromatic heterocycles. The fraction of sp³-hybridized carbons (Fsp3) is 0.167. The molecule has 1 unspecified atom stereocenters. The smallest absolute Gasteiger partial charge is 0.123 e. The summed E-state index contributed by atoms with van der Waals surface area (Å²) in [5.41, 5.74) is 1.08. The van der Waals surface area contributed by atoms with Crippen LogP contribution >= 0.6 is 54.8 Å². The topological polar surface area (TPSA) is 9.23 Å². The lowest BCUT2D eigenvalue weighted by molar-refractivity contribution is 0.410. The van der Waals surface area contributed by atoms with Gasteiger partial charge < -0.3 is 4.74 Å². The van der Waals surface area contributed by atoms with Crippen molar-refractivity contribution in [2.24, 2.45) is 0 Å². The van der Waals surface area contributed by atoms with Crippen LogP contribution in [0, 0.1) is 0 Å². The Kier molecular flexibility index (Phi) is 4.53. The van der Waals surface area contributed by atoms with Crippen molar-refractivity contribution in [3.05, 3.63) is 49.6 Å². The van der Waals surface area contributed by atoms with Gasteiger partial charge in [-0.3, -0.25) is 0 Å². The molecule has 0 fully saturated rings. The Morgan fingerprint density at radius 2 is 2.06 bits per heavy atom. The number of methoxy groups -OCH3 is 1. The zero-order valence-electron chi connectivity index (χ0n) is 8.91. The molecule has 2 rings (SSSR count). The normalized spacial score (nSPS) is 12.5. The summed E-state index contributed by atoms with van der Waals surface area (Å²) in [6.45, 7) is 0. The van der Waals surface area contributed by atoms with Crippen molar-refractivity contribution in [1.29, 1.82) is 0 Å². The van der Waals surface area contributed by atoms with E-state index in [1.807, 2.05) is 30.3 Å². The molecular weight excluding hydrogens is 387 g/mol. The first-order chi connectivity index (χ1) is 8.11. The predicted molar refractivity (Wildman–Crippen MR) is 80.8 cm³/mol. The SMILES string of the molecule is COc1ccc(Br)cc1C(Br)c1ccc(Cl)s1. The summed E-state index contributed by atoms with van der Waals surface area (Å²) in [6, 6.07) is 9.88. The number of hydrogen-bond donors (Lipinski definition) is 0. The van der Waals surface area contributed by atoms with Crippen LogP contribution in [0.25, 0.3) is 0 Å². The van der Waals surface area contributed by atoms with Gasteiger partial charge in [-0.05, 0) is 30.3 Å². The summed E-state index contributed by atoms with van der Waals surface area (Å²) in [5, 5.41) is 0. The van der Waals surface area contributed by atoms with Gasteiger partial charge in [-0.15, -0.1) is 11.3 Å². The zero-order valence-corrected chi connectivity index (χ0v) is 13.7. The van der Waals surface area contributed by atoms with Gasteiger partial charge in [-0.1, -0.05) is 43.5 Å². The number of alkyl halides is 1. The van der Waals surface area contributed by atoms with E-state index in [4.69, 9.17) is 16.3 Å². The molecule has 1 aromatic carbocycles. The molecule has 0 aliphatic heterocycles. The molecule has 0 aliphatic carbocycles. The number of benzene rings is 1. The van der Waals surface area contributed by atoms with E-state index in [0.29, 0.717) is 0 Å². The number of ether oxygens (including phenoxy) is 1. The highest BCUT2D eigenvalue weighted by atomic mass is 79.9. The zero-order chi connectivity index (χ0) is 12.4. The van der Waals surface area contributed by atoms with Crippen LogP contribution in [0.15, 0.2) is 34.8 Å². The maximum absolute atomic E-state index is 5.95. The van der Waals surface area contributed by atoms with E-state index in [2.05, 4.69) is 31.9 Å². The van der Waals surface area contributed by atoms with Gasteiger partial charge in [-0.25, -0.2) is 0 Å². The molecule has 0 amide bonds. The summed E-state index contributed by atoms with van der Waals surface area (Å²) in [5.74, 6) is 0.861. The minimum Gasteiger partial charge on any atom is -0.496 e. The molecular formula is C12H9Br2ClOS. The van der Waals surface area contributed by atoms with Crippen LogP contribution in [-0.2, 0) is 0 Å². The predicted octanol–water partition coefficient (Wildman–Crippen LogP) is 5.66. The van der Waals surface area contributed by atoms with Crippen LogP contribution in [0.2, 0.25) is 4.34 Å². The van der Waals surface area contributed by atoms with E-state index in [1.165, 1.54) is 0 Å². The first-order valence-electron chi connectivity index (χ1n) is 4.84. The number of hydrogen-bond acceptors (Lipinski definition) is 2. The van der Waals surface area contributed by atoms with Gasteiger partial charge in [-0.2, -0.15) is 0 Å². The van der Waals surface area contributed by atoms with Crippen molar-refractivity contribution in [1.82, 2.24) is 0 Å². The molecule has 0 saturated heterocycles. The molecule has 1 heterocycles. The summed E-state index contributed by atoms with van der Waals surface area (Å²) >= 11 is 14.7. The highest BCUT2D eigenvalue weighted by Gasteiger charge is 2.17. The van der Waals surface area contributed by atoms with Crippen LogP contribution in [0.1, 0.15) is 15.3 Å². The van der Waals surface area contributed by atoms with Gasteiger partial charge in [0.15, 0.2) is 0 Å². The van der Waals surface area contributed by atoms with Crippen LogP contribution in [-0.4, -0.2) is 7.11 Å². The number of halogens is 3. The van der Waals surface area contributed by atoms with Crippen molar-refractivity contribution in [2.75, 3.05) is 7.11 Å². The van der Waals surface area contributed by atoms with E-state index in [9.17, 15) is 0 Å². The van der Waals surface area contributed by atoms with E-state index < -0.39 is 0 Å². The van der Waals surface area contributed by atoms with Crippen molar-refractivity contribution in [3.63, 3.8) is 0 Å². The number of thiophene rings is 1. The molecule has 1 atom stereocenters. The highest BCUT2D eigenvalue weighted by molar-refractivity contribution is 9.10. The van der Waals surface area contributed by atoms with E-state index in [1.54, 1.807) is 18.4 Å². The van der Waals surface area contributed by atoms with Gasteiger partial charge in [0.2, 0.25) is 0 Å². The molecule has 0 aliphatic rings. The van der Waals surface area contributed by atoms with Crippen molar-refractivity contribution >= 4 is 54.8 Å². The van der Waals surface area contributed by atoms with Crippen molar-refractivity contribution in [3.8, 4) is 5.75 Å². The fourth-order valence-corrected chi connectivity index (χ4v) is 3.75. The van der Waals surface area contributed by atoms with Gasteiger partial charge in [0.25, 0.3) is 0 Å². The quantitative estimate of drug-likeness (QED) is 0.609. The molecule has 5 heteroatoms. The summed E-state index contributed by atoms with van der Waals surface area (Å²) in [7, 11) is 1.67. The summed E-state index contributed by atoms with van der Waals surface area (Å²) in [4.78, 5) is 1.25. The van der Waals surface area contributed by atoms with Gasteiger partial charge in [0, 0.05) is 14.9 Å². The average Bonchev–Trinajstić information content (AvgIpc) is 2.75. The average molecular weight is 397 g/mol. The third-order valence-corrected chi connectivity index (χ3v) is 5.39. The molecule has 1 nitrogen and oxygen atoms in total. The Labute approximate surface area is 126 Å². The molecule has 0 spiro atoms. The Morgan fingerprint density at radius 3 is 2.65 bits per heavy atom. The largest absolute Gasteiger partial charge is 0.496 e. The van der Waals surface area contributed by atoms with Gasteiger partial charge >= 0.3 is 0 Å². The molecule has 0 N–H and O–H groups in total. The molecule has 17 heavy (non-hydrogen) atoms. The van der Waals surface area contributed by atoms with Crippen LogP contribution in [0.4, 0.5) is 0 Å². The van der Waals surface area contributed by atoms with Crippen molar-refractivity contribution < 1.29 is 4.74 Å². The van der Waals surface area contributed by atoms with Crippen LogP contribution in [0.5, 0.6) is 5.75 Å². The van der Waals surface area contributed by atoms with E-state index in [0.717, 1.165) is 25.0 Å². The monoisotopic (exact) mass is 394 g/mol. The van der Waals surface area contributed by atoms with Gasteiger partial charge in [0.05, 0.1) is 16.3 Å². The fourth-order valence-electron chi connectivity index (χ4n) is 1.52. The van der Waals surface area contributed by atoms with Gasteiger partial charge in [0.1, 0.15) is 5.75 Å². The minimum atomic E-state index is 0.0902. The second-order valence-electron chi connectivity index (χ2n) is 3.39.